The highest BCUT2D eigenvalue weighted by molar-refractivity contribution is 6.31. The van der Waals surface area contributed by atoms with Crippen molar-refractivity contribution in [3.8, 4) is 6.07 Å². The number of nitriles is 1. The molecular formula is C15H12ClN3O2. The molecule has 2 rings (SSSR count). The molecule has 0 N–H and O–H groups in total. The van der Waals surface area contributed by atoms with Gasteiger partial charge in [-0.05, 0) is 24.3 Å². The van der Waals surface area contributed by atoms with E-state index in [4.69, 9.17) is 16.9 Å². The third-order valence-corrected chi connectivity index (χ3v) is 3.18. The Hall–Kier alpha value is -2.58. The maximum absolute atomic E-state index is 11.2. The Labute approximate surface area is 127 Å². The molecule has 106 valence electrons. The van der Waals surface area contributed by atoms with Gasteiger partial charge in [0, 0.05) is 23.3 Å². The highest BCUT2D eigenvalue weighted by Gasteiger charge is 2.20. The molecule has 0 amide bonds. The van der Waals surface area contributed by atoms with Crippen LogP contribution in [0.15, 0.2) is 48.5 Å². The molecular weight excluding hydrogens is 290 g/mol. The molecule has 0 aliphatic rings. The van der Waals surface area contributed by atoms with Gasteiger partial charge in [-0.3, -0.25) is 10.1 Å². The minimum atomic E-state index is -0.450. The number of para-hydroxylation sites is 1. The van der Waals surface area contributed by atoms with E-state index >= 15 is 0 Å². The van der Waals surface area contributed by atoms with Crippen LogP contribution in [0.4, 0.5) is 17.1 Å². The third-order valence-electron chi connectivity index (χ3n) is 2.94. The van der Waals surface area contributed by atoms with Crippen LogP contribution in [0, 0.1) is 21.4 Å². The molecule has 0 bridgehead atoms. The maximum atomic E-state index is 11.2. The van der Waals surface area contributed by atoms with Crippen LogP contribution in [0.1, 0.15) is 6.42 Å². The molecule has 0 saturated heterocycles. The van der Waals surface area contributed by atoms with Crippen molar-refractivity contribution in [1.82, 2.24) is 0 Å². The molecule has 0 saturated carbocycles. The van der Waals surface area contributed by atoms with E-state index in [9.17, 15) is 10.1 Å². The number of hydrogen-bond donors (Lipinski definition) is 0. The van der Waals surface area contributed by atoms with E-state index < -0.39 is 4.92 Å². The number of nitro groups is 1. The Morgan fingerprint density at radius 3 is 2.57 bits per heavy atom. The van der Waals surface area contributed by atoms with Crippen molar-refractivity contribution in [2.24, 2.45) is 0 Å². The van der Waals surface area contributed by atoms with Crippen molar-refractivity contribution in [2.45, 2.75) is 6.42 Å². The van der Waals surface area contributed by atoms with Crippen molar-refractivity contribution >= 4 is 28.7 Å². The Bertz CT molecular complexity index is 683. The topological polar surface area (TPSA) is 70.2 Å². The highest BCUT2D eigenvalue weighted by Crippen LogP contribution is 2.35. The van der Waals surface area contributed by atoms with Gasteiger partial charge < -0.3 is 4.90 Å². The first-order valence-electron chi connectivity index (χ1n) is 6.27. The van der Waals surface area contributed by atoms with Crippen LogP contribution >= 0.6 is 11.6 Å². The van der Waals surface area contributed by atoms with E-state index in [0.29, 0.717) is 17.3 Å². The number of benzene rings is 2. The zero-order valence-corrected chi connectivity index (χ0v) is 11.8. The van der Waals surface area contributed by atoms with Gasteiger partial charge in [-0.1, -0.05) is 29.8 Å². The molecule has 2 aromatic carbocycles. The zero-order valence-electron chi connectivity index (χ0n) is 11.1. The lowest BCUT2D eigenvalue weighted by molar-refractivity contribution is -0.384. The normalized spacial score (nSPS) is 9.90. The van der Waals surface area contributed by atoms with E-state index in [1.165, 1.54) is 12.1 Å². The lowest BCUT2D eigenvalue weighted by Crippen LogP contribution is -2.19. The predicted octanol–water partition coefficient (Wildman–Crippen LogP) is 4.30. The summed E-state index contributed by atoms with van der Waals surface area (Å²) in [6.07, 6.45) is 0.249. The Morgan fingerprint density at radius 1 is 1.24 bits per heavy atom. The largest absolute Gasteiger partial charge is 0.335 e. The molecule has 0 fully saturated rings. The van der Waals surface area contributed by atoms with Crippen LogP contribution in [0.5, 0.6) is 0 Å². The summed E-state index contributed by atoms with van der Waals surface area (Å²) < 4.78 is 0. The molecule has 6 heteroatoms. The van der Waals surface area contributed by atoms with Crippen LogP contribution in [0.25, 0.3) is 0 Å². The van der Waals surface area contributed by atoms with Crippen molar-refractivity contribution < 1.29 is 4.92 Å². The van der Waals surface area contributed by atoms with Crippen LogP contribution in [0.2, 0.25) is 5.02 Å². The highest BCUT2D eigenvalue weighted by atomic mass is 35.5. The van der Waals surface area contributed by atoms with Crippen molar-refractivity contribution in [1.29, 1.82) is 5.26 Å². The average Bonchev–Trinajstić information content (AvgIpc) is 2.48. The number of rotatable bonds is 5. The second-order valence-corrected chi connectivity index (χ2v) is 4.72. The van der Waals surface area contributed by atoms with Gasteiger partial charge in [-0.15, -0.1) is 0 Å². The number of halogens is 1. The van der Waals surface area contributed by atoms with Gasteiger partial charge in [-0.25, -0.2) is 0 Å². The Kier molecular flexibility index (Phi) is 4.75. The van der Waals surface area contributed by atoms with Gasteiger partial charge >= 0.3 is 0 Å². The number of nitro benzene ring substituents is 1. The van der Waals surface area contributed by atoms with Gasteiger partial charge in [0.15, 0.2) is 0 Å². The lowest BCUT2D eigenvalue weighted by Gasteiger charge is -2.23. The zero-order chi connectivity index (χ0) is 15.2. The van der Waals surface area contributed by atoms with E-state index in [1.807, 2.05) is 30.3 Å². The van der Waals surface area contributed by atoms with E-state index in [0.717, 1.165) is 5.69 Å². The molecule has 0 aliphatic carbocycles. The molecule has 0 radical (unpaired) electrons. The molecule has 21 heavy (non-hydrogen) atoms. The first-order chi connectivity index (χ1) is 10.1. The molecule has 2 aromatic rings. The standard InChI is InChI=1S/C15H12ClN3O2/c16-12-7-8-14(19(20)21)15(11-12)18(10-4-9-17)13-5-2-1-3-6-13/h1-3,5-8,11H,4,10H2. The van der Waals surface area contributed by atoms with E-state index in [2.05, 4.69) is 6.07 Å². The van der Waals surface area contributed by atoms with Crippen molar-refractivity contribution in [3.63, 3.8) is 0 Å². The summed E-state index contributed by atoms with van der Waals surface area (Å²) in [6, 6.07) is 15.7. The molecule has 0 aliphatic heterocycles. The Balaban J connectivity index is 2.53. The van der Waals surface area contributed by atoms with Crippen LogP contribution in [-0.4, -0.2) is 11.5 Å². The summed E-state index contributed by atoms with van der Waals surface area (Å²) >= 11 is 5.97. The lowest BCUT2D eigenvalue weighted by atomic mass is 10.2. The molecule has 0 unspecified atom stereocenters. The number of nitrogens with zero attached hydrogens (tertiary/aromatic N) is 3. The fourth-order valence-electron chi connectivity index (χ4n) is 2.03. The van der Waals surface area contributed by atoms with Crippen LogP contribution in [0.3, 0.4) is 0 Å². The summed E-state index contributed by atoms with van der Waals surface area (Å²) in [5.41, 5.74) is 1.12. The van der Waals surface area contributed by atoms with Gasteiger partial charge in [0.2, 0.25) is 0 Å². The van der Waals surface area contributed by atoms with Gasteiger partial charge in [0.25, 0.3) is 5.69 Å². The van der Waals surface area contributed by atoms with Crippen LogP contribution in [-0.2, 0) is 0 Å². The first-order valence-corrected chi connectivity index (χ1v) is 6.65. The molecule has 0 atom stereocenters. The van der Waals surface area contributed by atoms with E-state index in [1.54, 1.807) is 11.0 Å². The predicted molar refractivity (Wildman–Crippen MR) is 81.8 cm³/mol. The summed E-state index contributed by atoms with van der Waals surface area (Å²) in [5.74, 6) is 0. The molecule has 0 spiro atoms. The summed E-state index contributed by atoms with van der Waals surface area (Å²) in [5, 5.41) is 20.4. The van der Waals surface area contributed by atoms with Gasteiger partial charge in [0.05, 0.1) is 17.4 Å². The van der Waals surface area contributed by atoms with Crippen LogP contribution < -0.4 is 4.90 Å². The summed E-state index contributed by atoms with van der Waals surface area (Å²) in [6.45, 7) is 0.349. The monoisotopic (exact) mass is 301 g/mol. The van der Waals surface area contributed by atoms with Crippen molar-refractivity contribution in [3.05, 3.63) is 63.7 Å². The van der Waals surface area contributed by atoms with Crippen molar-refractivity contribution in [2.75, 3.05) is 11.4 Å². The fourth-order valence-corrected chi connectivity index (χ4v) is 2.19. The van der Waals surface area contributed by atoms with Gasteiger partial charge in [0.1, 0.15) is 5.69 Å². The second-order valence-electron chi connectivity index (χ2n) is 4.29. The molecule has 0 heterocycles. The minimum Gasteiger partial charge on any atom is -0.335 e. The quantitative estimate of drug-likeness (QED) is 0.610. The molecule has 0 aromatic heterocycles. The Morgan fingerprint density at radius 2 is 1.95 bits per heavy atom. The number of hydrogen-bond acceptors (Lipinski definition) is 4. The minimum absolute atomic E-state index is 0.0406. The third kappa shape index (κ3) is 3.50. The maximum Gasteiger partial charge on any atom is 0.292 e. The average molecular weight is 302 g/mol. The first kappa shape index (κ1) is 14.8. The number of anilines is 2. The summed E-state index contributed by atoms with van der Waals surface area (Å²) in [4.78, 5) is 12.5. The summed E-state index contributed by atoms with van der Waals surface area (Å²) in [7, 11) is 0. The SMILES string of the molecule is N#CCCN(c1ccccc1)c1cc(Cl)ccc1[N+](=O)[O-]. The second kappa shape index (κ2) is 6.73. The van der Waals surface area contributed by atoms with E-state index in [-0.39, 0.29) is 12.1 Å². The fraction of sp³-hybridized carbons (Fsp3) is 0.133. The smallest absolute Gasteiger partial charge is 0.292 e. The van der Waals surface area contributed by atoms with Gasteiger partial charge in [-0.2, -0.15) is 5.26 Å². The molecule has 5 nitrogen and oxygen atoms in total.